The number of thioether (sulfide) groups is 1. The van der Waals surface area contributed by atoms with Crippen LogP contribution in [0.4, 0.5) is 5.69 Å². The van der Waals surface area contributed by atoms with E-state index in [0.717, 1.165) is 21.5 Å². The van der Waals surface area contributed by atoms with Crippen molar-refractivity contribution in [3.8, 4) is 0 Å². The van der Waals surface area contributed by atoms with Crippen LogP contribution in [0.15, 0.2) is 38.9 Å². The minimum absolute atomic E-state index is 0.148. The van der Waals surface area contributed by atoms with Crippen LogP contribution >= 0.6 is 11.8 Å². The molecule has 2 aromatic carbocycles. The standard InChI is InChI=1S/C21H27N3O3S2/c1-12(2)28-19-11-18-17(23(6)21(25)24(18)7)10-16(19)22-29(26,27)20-9-14(4)13(3)8-15(20)5/h8-12,22H,1-7H3. The zero-order valence-corrected chi connectivity index (χ0v) is 19.5. The van der Waals surface area contributed by atoms with Gasteiger partial charge in [-0.15, -0.1) is 11.8 Å². The van der Waals surface area contributed by atoms with Crippen LogP contribution in [0, 0.1) is 20.8 Å². The number of nitrogens with zero attached hydrogens (tertiary/aromatic N) is 2. The highest BCUT2D eigenvalue weighted by Gasteiger charge is 2.22. The zero-order valence-electron chi connectivity index (χ0n) is 17.8. The third-order valence-corrected chi connectivity index (χ3v) is 7.63. The van der Waals surface area contributed by atoms with E-state index in [1.165, 1.54) is 4.57 Å². The van der Waals surface area contributed by atoms with Gasteiger partial charge in [0.05, 0.1) is 21.6 Å². The number of aromatic nitrogens is 2. The van der Waals surface area contributed by atoms with Crippen LogP contribution in [0.3, 0.4) is 0 Å². The van der Waals surface area contributed by atoms with Crippen LogP contribution in [-0.2, 0) is 24.1 Å². The summed E-state index contributed by atoms with van der Waals surface area (Å²) in [5, 5.41) is 0.250. The maximum atomic E-state index is 13.2. The van der Waals surface area contributed by atoms with Gasteiger partial charge in [0.1, 0.15) is 0 Å². The molecule has 0 aliphatic carbocycles. The normalized spacial score (nSPS) is 12.1. The molecule has 0 saturated carbocycles. The number of rotatable bonds is 5. The Bertz CT molecular complexity index is 1270. The molecule has 1 heterocycles. The summed E-state index contributed by atoms with van der Waals surface area (Å²) in [5.74, 6) is 0. The molecule has 0 bridgehead atoms. The van der Waals surface area contributed by atoms with Crippen molar-refractivity contribution >= 4 is 38.5 Å². The third kappa shape index (κ3) is 3.96. The van der Waals surface area contributed by atoms with Crippen molar-refractivity contribution in [1.29, 1.82) is 0 Å². The molecule has 0 saturated heterocycles. The minimum Gasteiger partial charge on any atom is -0.295 e. The van der Waals surface area contributed by atoms with E-state index in [9.17, 15) is 13.2 Å². The van der Waals surface area contributed by atoms with E-state index < -0.39 is 10.0 Å². The Labute approximate surface area is 176 Å². The molecule has 1 aromatic heterocycles. The van der Waals surface area contributed by atoms with E-state index in [2.05, 4.69) is 4.72 Å². The van der Waals surface area contributed by atoms with Gasteiger partial charge in [0, 0.05) is 24.2 Å². The molecule has 1 N–H and O–H groups in total. The maximum absolute atomic E-state index is 13.2. The number of benzene rings is 2. The number of nitrogens with one attached hydrogen (secondary N) is 1. The highest BCUT2D eigenvalue weighted by Crippen LogP contribution is 2.35. The van der Waals surface area contributed by atoms with Crippen molar-refractivity contribution in [2.24, 2.45) is 14.1 Å². The van der Waals surface area contributed by atoms with Crippen molar-refractivity contribution in [1.82, 2.24) is 9.13 Å². The van der Waals surface area contributed by atoms with Gasteiger partial charge >= 0.3 is 5.69 Å². The average Bonchev–Trinajstić information content (AvgIpc) is 2.82. The number of aryl methyl sites for hydroxylation is 5. The van der Waals surface area contributed by atoms with E-state index in [1.807, 2.05) is 39.8 Å². The topological polar surface area (TPSA) is 73.1 Å². The van der Waals surface area contributed by atoms with E-state index >= 15 is 0 Å². The predicted octanol–water partition coefficient (Wildman–Crippen LogP) is 4.10. The lowest BCUT2D eigenvalue weighted by Gasteiger charge is -2.16. The fourth-order valence-corrected chi connectivity index (χ4v) is 5.75. The molecule has 8 heteroatoms. The van der Waals surface area contributed by atoms with Crippen molar-refractivity contribution in [3.63, 3.8) is 0 Å². The summed E-state index contributed by atoms with van der Waals surface area (Å²) in [5.41, 5.74) is 4.46. The van der Waals surface area contributed by atoms with E-state index in [0.29, 0.717) is 16.8 Å². The molecular weight excluding hydrogens is 406 g/mol. The summed E-state index contributed by atoms with van der Waals surface area (Å²) in [6, 6.07) is 7.22. The summed E-state index contributed by atoms with van der Waals surface area (Å²) >= 11 is 1.56. The monoisotopic (exact) mass is 433 g/mol. The molecule has 0 atom stereocenters. The molecule has 0 unspecified atom stereocenters. The van der Waals surface area contributed by atoms with Crippen LogP contribution in [0.25, 0.3) is 11.0 Å². The van der Waals surface area contributed by atoms with Crippen LogP contribution < -0.4 is 10.4 Å². The molecule has 0 aliphatic rings. The number of sulfonamides is 1. The molecule has 0 spiro atoms. The Kier molecular flexibility index (Phi) is 5.62. The Hall–Kier alpha value is -2.19. The second-order valence-electron chi connectivity index (χ2n) is 7.71. The fourth-order valence-electron chi connectivity index (χ4n) is 3.38. The summed E-state index contributed by atoms with van der Waals surface area (Å²) < 4.78 is 32.3. The number of imidazole rings is 1. The summed E-state index contributed by atoms with van der Waals surface area (Å²) in [7, 11) is -0.379. The van der Waals surface area contributed by atoms with E-state index in [-0.39, 0.29) is 15.8 Å². The van der Waals surface area contributed by atoms with E-state index in [4.69, 9.17) is 0 Å². The number of hydrogen-bond acceptors (Lipinski definition) is 4. The molecular formula is C21H27N3O3S2. The third-order valence-electron chi connectivity index (χ3n) is 5.06. The van der Waals surface area contributed by atoms with Gasteiger partial charge in [0.2, 0.25) is 0 Å². The van der Waals surface area contributed by atoms with Crippen molar-refractivity contribution in [2.45, 2.75) is 49.7 Å². The first-order chi connectivity index (χ1) is 13.4. The van der Waals surface area contributed by atoms with Gasteiger partial charge < -0.3 is 0 Å². The van der Waals surface area contributed by atoms with Crippen LogP contribution in [0.1, 0.15) is 30.5 Å². The number of fused-ring (bicyclic) bond motifs is 1. The van der Waals surface area contributed by atoms with Gasteiger partial charge in [-0.25, -0.2) is 13.2 Å². The molecule has 0 radical (unpaired) electrons. The summed E-state index contributed by atoms with van der Waals surface area (Å²) in [6.45, 7) is 9.76. The zero-order chi connectivity index (χ0) is 21.7. The second-order valence-corrected chi connectivity index (χ2v) is 11.0. The quantitative estimate of drug-likeness (QED) is 0.615. The Morgan fingerprint density at radius 2 is 1.45 bits per heavy atom. The van der Waals surface area contributed by atoms with Gasteiger partial charge in [-0.1, -0.05) is 19.9 Å². The number of anilines is 1. The SMILES string of the molecule is Cc1cc(C)c(S(=O)(=O)Nc2cc3c(cc2SC(C)C)n(C)c(=O)n3C)cc1C. The first-order valence-corrected chi connectivity index (χ1v) is 11.8. The number of hydrogen-bond donors (Lipinski definition) is 1. The molecule has 3 aromatic rings. The lowest BCUT2D eigenvalue weighted by atomic mass is 10.1. The Morgan fingerprint density at radius 3 is 2.03 bits per heavy atom. The van der Waals surface area contributed by atoms with Crippen molar-refractivity contribution < 1.29 is 8.42 Å². The fraction of sp³-hybridized carbons (Fsp3) is 0.381. The Balaban J connectivity index is 2.19. The minimum atomic E-state index is -3.78. The Morgan fingerprint density at radius 1 is 0.897 bits per heavy atom. The molecule has 0 amide bonds. The highest BCUT2D eigenvalue weighted by molar-refractivity contribution is 8.00. The maximum Gasteiger partial charge on any atom is 0.328 e. The molecule has 156 valence electrons. The largest absolute Gasteiger partial charge is 0.328 e. The van der Waals surface area contributed by atoms with Gasteiger partial charge in [0.15, 0.2) is 0 Å². The van der Waals surface area contributed by atoms with Crippen molar-refractivity contribution in [3.05, 3.63) is 51.4 Å². The van der Waals surface area contributed by atoms with Crippen LogP contribution in [0.5, 0.6) is 0 Å². The first kappa shape index (κ1) is 21.5. The molecule has 3 rings (SSSR count). The molecule has 29 heavy (non-hydrogen) atoms. The highest BCUT2D eigenvalue weighted by atomic mass is 32.2. The molecule has 0 aliphatic heterocycles. The average molecular weight is 434 g/mol. The molecule has 0 fully saturated rings. The second kappa shape index (κ2) is 7.57. The lowest BCUT2D eigenvalue weighted by Crippen LogP contribution is -2.19. The molecule has 6 nitrogen and oxygen atoms in total. The lowest BCUT2D eigenvalue weighted by molar-refractivity contribution is 0.600. The van der Waals surface area contributed by atoms with E-state index in [1.54, 1.807) is 49.5 Å². The van der Waals surface area contributed by atoms with Gasteiger partial charge in [0.25, 0.3) is 10.0 Å². The first-order valence-electron chi connectivity index (χ1n) is 9.39. The van der Waals surface area contributed by atoms with Gasteiger partial charge in [-0.05, 0) is 55.7 Å². The predicted molar refractivity (Wildman–Crippen MR) is 121 cm³/mol. The summed E-state index contributed by atoms with van der Waals surface area (Å²) in [4.78, 5) is 13.4. The van der Waals surface area contributed by atoms with Gasteiger partial charge in [-0.3, -0.25) is 13.9 Å². The van der Waals surface area contributed by atoms with Crippen LogP contribution in [-0.4, -0.2) is 22.8 Å². The van der Waals surface area contributed by atoms with Crippen LogP contribution in [0.2, 0.25) is 0 Å². The van der Waals surface area contributed by atoms with Crippen molar-refractivity contribution in [2.75, 3.05) is 4.72 Å². The van der Waals surface area contributed by atoms with Gasteiger partial charge in [-0.2, -0.15) is 0 Å². The summed E-state index contributed by atoms with van der Waals surface area (Å²) in [6.07, 6.45) is 0. The smallest absolute Gasteiger partial charge is 0.295 e.